The summed E-state index contributed by atoms with van der Waals surface area (Å²) >= 11 is 3.32. The topological polar surface area (TPSA) is 56.2 Å². The molecule has 0 amide bonds. The quantitative estimate of drug-likeness (QED) is 0.712. The lowest BCUT2D eigenvalue weighted by Crippen LogP contribution is -1.95. The molecule has 2 aromatic rings. The Hall–Kier alpha value is -1.10. The van der Waals surface area contributed by atoms with E-state index in [1.54, 1.807) is 18.7 Å². The number of imidazole rings is 1. The van der Waals surface area contributed by atoms with Gasteiger partial charge in [-0.1, -0.05) is 0 Å². The second-order valence-corrected chi connectivity index (χ2v) is 2.93. The predicted molar refractivity (Wildman–Crippen MR) is 45.1 cm³/mol. The first-order valence-corrected chi connectivity index (χ1v) is 3.80. The molecule has 0 aromatic carbocycles. The Morgan fingerprint density at radius 3 is 3.00 bits per heavy atom. The lowest BCUT2D eigenvalue weighted by molar-refractivity contribution is 1.08. The van der Waals surface area contributed by atoms with Gasteiger partial charge in [0.1, 0.15) is 22.3 Å². The second-order valence-electron chi connectivity index (χ2n) is 2.12. The van der Waals surface area contributed by atoms with E-state index in [2.05, 4.69) is 25.9 Å². The van der Waals surface area contributed by atoms with E-state index in [-0.39, 0.29) is 0 Å². The Balaban J connectivity index is 2.96. The lowest BCUT2D eigenvalue weighted by atomic mass is 10.5. The van der Waals surface area contributed by atoms with Crippen LogP contribution in [0.15, 0.2) is 23.3 Å². The number of halogens is 1. The smallest absolute Gasteiger partial charge is 0.149 e. The summed E-state index contributed by atoms with van der Waals surface area (Å²) in [4.78, 5) is 7.89. The van der Waals surface area contributed by atoms with Crippen molar-refractivity contribution in [1.82, 2.24) is 14.4 Å². The zero-order valence-electron chi connectivity index (χ0n) is 5.53. The maximum absolute atomic E-state index is 5.58. The Bertz CT molecular complexity index is 358. The molecule has 0 saturated carbocycles. The van der Waals surface area contributed by atoms with Gasteiger partial charge in [-0.15, -0.1) is 0 Å². The van der Waals surface area contributed by atoms with Crippen molar-refractivity contribution in [2.45, 2.75) is 0 Å². The summed E-state index contributed by atoms with van der Waals surface area (Å²) in [6.07, 6.45) is 4.99. The van der Waals surface area contributed by atoms with Crippen molar-refractivity contribution < 1.29 is 0 Å². The molecule has 0 bridgehead atoms. The number of nitrogen functional groups attached to an aromatic ring is 1. The van der Waals surface area contributed by atoms with E-state index in [1.165, 1.54) is 0 Å². The minimum atomic E-state index is 0.491. The van der Waals surface area contributed by atoms with Gasteiger partial charge in [0.15, 0.2) is 0 Å². The number of anilines is 1. The third-order valence-corrected chi connectivity index (χ3v) is 2.03. The molecule has 2 heterocycles. The first-order chi connectivity index (χ1) is 5.29. The summed E-state index contributed by atoms with van der Waals surface area (Å²) in [6.45, 7) is 0. The molecule has 0 spiro atoms. The van der Waals surface area contributed by atoms with Gasteiger partial charge in [-0.25, -0.2) is 9.97 Å². The van der Waals surface area contributed by atoms with Crippen LogP contribution in [-0.2, 0) is 0 Å². The average Bonchev–Trinajstić information content (AvgIpc) is 2.45. The third-order valence-electron chi connectivity index (χ3n) is 1.44. The zero-order chi connectivity index (χ0) is 7.84. The number of nitrogens with two attached hydrogens (primary N) is 1. The summed E-state index contributed by atoms with van der Waals surface area (Å²) in [5, 5.41) is 0. The van der Waals surface area contributed by atoms with Gasteiger partial charge in [0.2, 0.25) is 0 Å². The average molecular weight is 213 g/mol. The van der Waals surface area contributed by atoms with Crippen LogP contribution in [0.3, 0.4) is 0 Å². The Kier molecular flexibility index (Phi) is 1.32. The van der Waals surface area contributed by atoms with Crippen molar-refractivity contribution in [3.8, 4) is 0 Å². The number of hydrogen-bond donors (Lipinski definition) is 1. The molecule has 2 aromatic heterocycles. The highest BCUT2D eigenvalue weighted by Crippen LogP contribution is 2.15. The van der Waals surface area contributed by atoms with Crippen LogP contribution in [0.4, 0.5) is 5.82 Å². The molecule has 5 heteroatoms. The van der Waals surface area contributed by atoms with Crippen molar-refractivity contribution in [3.63, 3.8) is 0 Å². The van der Waals surface area contributed by atoms with Gasteiger partial charge in [-0.2, -0.15) is 0 Å². The van der Waals surface area contributed by atoms with Gasteiger partial charge >= 0.3 is 0 Å². The molecule has 11 heavy (non-hydrogen) atoms. The van der Waals surface area contributed by atoms with Crippen molar-refractivity contribution in [2.24, 2.45) is 0 Å². The van der Waals surface area contributed by atoms with E-state index in [1.807, 2.05) is 4.40 Å². The SMILES string of the molecule is Nc1ncc(Br)n2cncc12. The molecular weight excluding hydrogens is 208 g/mol. The minimum absolute atomic E-state index is 0.491. The molecule has 0 aliphatic heterocycles. The fraction of sp³-hybridized carbons (Fsp3) is 0. The Morgan fingerprint density at radius 2 is 2.27 bits per heavy atom. The fourth-order valence-corrected chi connectivity index (χ4v) is 1.29. The van der Waals surface area contributed by atoms with Crippen LogP contribution in [0.5, 0.6) is 0 Å². The molecule has 0 saturated heterocycles. The third kappa shape index (κ3) is 0.883. The van der Waals surface area contributed by atoms with Crippen LogP contribution >= 0.6 is 15.9 Å². The monoisotopic (exact) mass is 212 g/mol. The maximum atomic E-state index is 5.58. The highest BCUT2D eigenvalue weighted by atomic mass is 79.9. The van der Waals surface area contributed by atoms with Gasteiger partial charge in [0.25, 0.3) is 0 Å². The summed E-state index contributed by atoms with van der Waals surface area (Å²) in [5.74, 6) is 0.491. The molecule has 2 rings (SSSR count). The number of nitrogens with zero attached hydrogens (tertiary/aromatic N) is 3. The number of aromatic nitrogens is 3. The van der Waals surface area contributed by atoms with Gasteiger partial charge in [-0.3, -0.25) is 4.40 Å². The molecule has 0 aliphatic carbocycles. The Labute approximate surface area is 71.2 Å². The van der Waals surface area contributed by atoms with Gasteiger partial charge < -0.3 is 5.73 Å². The summed E-state index contributed by atoms with van der Waals surface area (Å²) in [7, 11) is 0. The zero-order valence-corrected chi connectivity index (χ0v) is 7.12. The highest BCUT2D eigenvalue weighted by Gasteiger charge is 2.01. The van der Waals surface area contributed by atoms with Crippen molar-refractivity contribution >= 4 is 27.3 Å². The maximum Gasteiger partial charge on any atom is 0.149 e. The van der Waals surface area contributed by atoms with Crippen LogP contribution in [-0.4, -0.2) is 14.4 Å². The van der Waals surface area contributed by atoms with Crippen LogP contribution < -0.4 is 5.73 Å². The molecule has 0 aliphatic rings. The van der Waals surface area contributed by atoms with Gasteiger partial charge in [0.05, 0.1) is 12.4 Å². The molecule has 0 fully saturated rings. The van der Waals surface area contributed by atoms with Gasteiger partial charge in [-0.05, 0) is 15.9 Å². The Morgan fingerprint density at radius 1 is 1.45 bits per heavy atom. The van der Waals surface area contributed by atoms with Crippen LogP contribution in [0.25, 0.3) is 5.52 Å². The molecular formula is C6H5BrN4. The number of fused-ring (bicyclic) bond motifs is 1. The molecule has 0 unspecified atom stereocenters. The minimum Gasteiger partial charge on any atom is -0.382 e. The van der Waals surface area contributed by atoms with E-state index in [4.69, 9.17) is 5.73 Å². The highest BCUT2D eigenvalue weighted by molar-refractivity contribution is 9.10. The van der Waals surface area contributed by atoms with Crippen LogP contribution in [0, 0.1) is 0 Å². The summed E-state index contributed by atoms with van der Waals surface area (Å²) < 4.78 is 2.67. The normalized spacial score (nSPS) is 10.6. The molecule has 4 nitrogen and oxygen atoms in total. The standard InChI is InChI=1S/C6H5BrN4/c7-5-2-10-6(8)4-1-9-3-11(4)5/h1-3H,(H2,8,10). The molecule has 0 radical (unpaired) electrons. The lowest BCUT2D eigenvalue weighted by Gasteiger charge is -1.98. The van der Waals surface area contributed by atoms with Crippen LogP contribution in [0.1, 0.15) is 0 Å². The molecule has 56 valence electrons. The van der Waals surface area contributed by atoms with E-state index < -0.39 is 0 Å². The van der Waals surface area contributed by atoms with Crippen molar-refractivity contribution in [2.75, 3.05) is 5.73 Å². The summed E-state index contributed by atoms with van der Waals surface area (Å²) in [6, 6.07) is 0. The van der Waals surface area contributed by atoms with Gasteiger partial charge in [0, 0.05) is 0 Å². The van der Waals surface area contributed by atoms with E-state index in [9.17, 15) is 0 Å². The predicted octanol–water partition coefficient (Wildman–Crippen LogP) is 1.07. The van der Waals surface area contributed by atoms with Crippen molar-refractivity contribution in [1.29, 1.82) is 0 Å². The van der Waals surface area contributed by atoms with E-state index in [0.717, 1.165) is 10.1 Å². The first-order valence-electron chi connectivity index (χ1n) is 3.01. The molecule has 0 atom stereocenters. The van der Waals surface area contributed by atoms with E-state index in [0.29, 0.717) is 5.82 Å². The fourth-order valence-electron chi connectivity index (χ4n) is 0.906. The largest absolute Gasteiger partial charge is 0.382 e. The van der Waals surface area contributed by atoms with Crippen molar-refractivity contribution in [3.05, 3.63) is 23.3 Å². The number of hydrogen-bond acceptors (Lipinski definition) is 3. The number of rotatable bonds is 0. The first kappa shape index (κ1) is 6.60. The molecule has 2 N–H and O–H groups in total. The second kappa shape index (κ2) is 2.20. The van der Waals surface area contributed by atoms with Crippen LogP contribution in [0.2, 0.25) is 0 Å². The summed E-state index contributed by atoms with van der Waals surface area (Å²) in [5.41, 5.74) is 6.40. The van der Waals surface area contributed by atoms with E-state index >= 15 is 0 Å².